The number of thioether (sulfide) groups is 1. The molecule has 25 heavy (non-hydrogen) atoms. The molecule has 0 aromatic heterocycles. The smallest absolute Gasteiger partial charge is 0.333 e. The maximum Gasteiger partial charge on any atom is 0.333 e. The number of ether oxygens (including phenoxy) is 1. The number of Topliss-reactive ketones (excluding diaryl/α,β-unsaturated/α-hetero) is 1. The highest BCUT2D eigenvalue weighted by atomic mass is 127. The normalized spacial score (nSPS) is 24.9. The van der Waals surface area contributed by atoms with Crippen molar-refractivity contribution >= 4 is 52.0 Å². The number of fused-ring (bicyclic) bond motifs is 1. The van der Waals surface area contributed by atoms with Crippen LogP contribution in [0.2, 0.25) is 0 Å². The molecular formula is C17H17IN2O4S. The van der Waals surface area contributed by atoms with Crippen LogP contribution in [0.1, 0.15) is 5.56 Å². The van der Waals surface area contributed by atoms with Crippen molar-refractivity contribution in [2.75, 3.05) is 11.0 Å². The van der Waals surface area contributed by atoms with E-state index in [1.54, 1.807) is 5.41 Å². The molecule has 1 aromatic carbocycles. The molecule has 1 amide bonds. The first kappa shape index (κ1) is 18.4. The molecule has 0 radical (unpaired) electrons. The first-order valence-corrected chi connectivity index (χ1v) is 10.2. The number of carbonyl (C=O) groups is 3. The minimum atomic E-state index is -1.00. The van der Waals surface area contributed by atoms with E-state index in [-0.39, 0.29) is 30.1 Å². The van der Waals surface area contributed by atoms with Crippen LogP contribution in [0.5, 0.6) is 0 Å². The maximum absolute atomic E-state index is 12.8. The number of ketones is 1. The van der Waals surface area contributed by atoms with Gasteiger partial charge in [0.15, 0.2) is 11.8 Å². The minimum absolute atomic E-state index is 0.169. The lowest BCUT2D eigenvalue weighted by Crippen LogP contribution is -2.72. The van der Waals surface area contributed by atoms with Crippen molar-refractivity contribution < 1.29 is 19.1 Å². The third-order valence-electron chi connectivity index (χ3n) is 4.10. The van der Waals surface area contributed by atoms with Crippen LogP contribution in [-0.4, -0.2) is 51.1 Å². The van der Waals surface area contributed by atoms with E-state index in [4.69, 9.17) is 10.5 Å². The third kappa shape index (κ3) is 3.61. The number of halogens is 1. The summed E-state index contributed by atoms with van der Waals surface area (Å²) in [7, 11) is 0. The van der Waals surface area contributed by atoms with Gasteiger partial charge in [0.05, 0.1) is 0 Å². The summed E-state index contributed by atoms with van der Waals surface area (Å²) >= 11 is 3.40. The second-order valence-corrected chi connectivity index (χ2v) is 7.79. The first-order valence-electron chi connectivity index (χ1n) is 7.77. The van der Waals surface area contributed by atoms with Gasteiger partial charge in [-0.3, -0.25) is 9.59 Å². The Labute approximate surface area is 163 Å². The van der Waals surface area contributed by atoms with E-state index in [1.807, 2.05) is 30.3 Å². The van der Waals surface area contributed by atoms with Crippen LogP contribution in [0.25, 0.3) is 0 Å². The molecule has 0 spiro atoms. The molecule has 0 aliphatic carbocycles. The van der Waals surface area contributed by atoms with Crippen LogP contribution in [0.3, 0.4) is 0 Å². The van der Waals surface area contributed by atoms with Gasteiger partial charge in [0, 0.05) is 16.4 Å². The summed E-state index contributed by atoms with van der Waals surface area (Å²) in [5.41, 5.74) is 6.95. The van der Waals surface area contributed by atoms with E-state index < -0.39 is 18.1 Å². The van der Waals surface area contributed by atoms with Gasteiger partial charge in [0.2, 0.25) is 5.91 Å². The fourth-order valence-corrected chi connectivity index (χ4v) is 4.26. The van der Waals surface area contributed by atoms with Gasteiger partial charge in [-0.25, -0.2) is 4.79 Å². The molecule has 2 unspecified atom stereocenters. The Morgan fingerprint density at radius 2 is 2.00 bits per heavy atom. The van der Waals surface area contributed by atoms with E-state index in [2.05, 4.69) is 22.6 Å². The van der Waals surface area contributed by atoms with Crippen LogP contribution in [0.15, 0.2) is 41.3 Å². The number of carbonyl (C=O) groups excluding carboxylic acids is 3. The predicted molar refractivity (Wildman–Crippen MR) is 103 cm³/mol. The van der Waals surface area contributed by atoms with Gasteiger partial charge in [-0.2, -0.15) is 0 Å². The van der Waals surface area contributed by atoms with Crippen molar-refractivity contribution in [1.29, 1.82) is 0 Å². The van der Waals surface area contributed by atoms with Crippen molar-refractivity contribution in [3.05, 3.63) is 46.9 Å². The zero-order valence-corrected chi connectivity index (χ0v) is 16.2. The number of amides is 1. The van der Waals surface area contributed by atoms with Crippen LogP contribution in [0, 0.1) is 0 Å². The highest BCUT2D eigenvalue weighted by Gasteiger charge is 2.55. The summed E-state index contributed by atoms with van der Waals surface area (Å²) in [6.07, 6.45) is 0.169. The Morgan fingerprint density at radius 3 is 2.68 bits per heavy atom. The highest BCUT2D eigenvalue weighted by Crippen LogP contribution is 2.39. The van der Waals surface area contributed by atoms with Crippen molar-refractivity contribution in [2.24, 2.45) is 5.73 Å². The van der Waals surface area contributed by atoms with Crippen LogP contribution in [0.4, 0.5) is 0 Å². The molecule has 0 bridgehead atoms. The van der Waals surface area contributed by atoms with Gasteiger partial charge >= 0.3 is 5.97 Å². The number of hydrogen-bond donors (Lipinski definition) is 1. The fraction of sp³-hybridized carbons (Fsp3) is 0.353. The molecule has 1 aromatic rings. The molecule has 3 rings (SSSR count). The zero-order valence-electron chi connectivity index (χ0n) is 13.3. The molecule has 132 valence electrons. The number of esters is 1. The number of alkyl halides is 1. The summed E-state index contributed by atoms with van der Waals surface area (Å²) < 4.78 is 5.85. The quantitative estimate of drug-likeness (QED) is 0.291. The van der Waals surface area contributed by atoms with Crippen molar-refractivity contribution in [2.45, 2.75) is 23.9 Å². The molecule has 8 heteroatoms. The monoisotopic (exact) mass is 472 g/mol. The summed E-state index contributed by atoms with van der Waals surface area (Å²) in [6, 6.07) is 7.64. The zero-order chi connectivity index (χ0) is 18.0. The predicted octanol–water partition coefficient (Wildman–Crippen LogP) is 1.27. The number of rotatable bonds is 6. The number of benzene rings is 1. The lowest BCUT2D eigenvalue weighted by Gasteiger charge is -2.50. The molecule has 1 fully saturated rings. The summed E-state index contributed by atoms with van der Waals surface area (Å²) in [5, 5.41) is 1.34. The summed E-state index contributed by atoms with van der Waals surface area (Å²) in [6.45, 7) is 0.238. The Balaban J connectivity index is 1.84. The average Bonchev–Trinajstić information content (AvgIpc) is 2.64. The van der Waals surface area contributed by atoms with Crippen LogP contribution >= 0.6 is 34.4 Å². The van der Waals surface area contributed by atoms with Gasteiger partial charge in [0.1, 0.15) is 18.0 Å². The third-order valence-corrected chi connectivity index (χ3v) is 5.73. The molecule has 3 atom stereocenters. The number of nitrogens with zero attached hydrogens (tertiary/aromatic N) is 1. The van der Waals surface area contributed by atoms with E-state index in [0.717, 1.165) is 5.56 Å². The van der Waals surface area contributed by atoms with E-state index in [0.29, 0.717) is 10.0 Å². The lowest BCUT2D eigenvalue weighted by molar-refractivity contribution is -0.161. The topological polar surface area (TPSA) is 89.7 Å². The average molecular weight is 472 g/mol. The summed E-state index contributed by atoms with van der Waals surface area (Å²) in [5.74, 6) is -1.09. The van der Waals surface area contributed by atoms with Crippen LogP contribution < -0.4 is 5.73 Å². The SMILES string of the molecule is NC1C(=O)N2C(C(=O)OCCI)C(C(=O)Cc3ccccc3)=CS[C@@H]12. The lowest BCUT2D eigenvalue weighted by atomic mass is 9.93. The molecule has 1 saturated heterocycles. The van der Waals surface area contributed by atoms with Crippen molar-refractivity contribution in [3.63, 3.8) is 0 Å². The Bertz CT molecular complexity index is 725. The highest BCUT2D eigenvalue weighted by molar-refractivity contribution is 14.1. The first-order chi connectivity index (χ1) is 12.0. The molecule has 2 aliphatic rings. The molecule has 6 nitrogen and oxygen atoms in total. The standard InChI is InChI=1S/C17H17IN2O4S/c18-6-7-24-17(23)14-11(9-25-16-13(19)15(22)20(14)16)12(21)8-10-4-2-1-3-5-10/h1-5,9,13-14,16H,6-8,19H2/t13?,14?,16-/m0/s1. The maximum atomic E-state index is 12.8. The molecule has 2 N–H and O–H groups in total. The van der Waals surface area contributed by atoms with E-state index >= 15 is 0 Å². The second kappa shape index (κ2) is 7.88. The van der Waals surface area contributed by atoms with Gasteiger partial charge in [-0.05, 0) is 11.0 Å². The van der Waals surface area contributed by atoms with Crippen molar-refractivity contribution in [3.8, 4) is 0 Å². The Morgan fingerprint density at radius 1 is 1.28 bits per heavy atom. The van der Waals surface area contributed by atoms with Crippen LogP contribution in [-0.2, 0) is 25.5 Å². The van der Waals surface area contributed by atoms with Gasteiger partial charge in [0.25, 0.3) is 0 Å². The Hall–Kier alpha value is -1.39. The molecule has 2 aliphatic heterocycles. The Kier molecular flexibility index (Phi) is 5.80. The van der Waals surface area contributed by atoms with E-state index in [9.17, 15) is 14.4 Å². The fourth-order valence-electron chi connectivity index (χ4n) is 2.85. The van der Waals surface area contributed by atoms with Gasteiger partial charge in [-0.1, -0.05) is 52.9 Å². The van der Waals surface area contributed by atoms with Crippen molar-refractivity contribution in [1.82, 2.24) is 4.90 Å². The van der Waals surface area contributed by atoms with E-state index in [1.165, 1.54) is 16.7 Å². The molecular weight excluding hydrogens is 455 g/mol. The van der Waals surface area contributed by atoms with Gasteiger partial charge in [-0.15, -0.1) is 11.8 Å². The molecule has 0 saturated carbocycles. The number of nitrogens with two attached hydrogens (primary N) is 1. The molecule has 2 heterocycles. The largest absolute Gasteiger partial charge is 0.463 e. The minimum Gasteiger partial charge on any atom is -0.463 e. The number of hydrogen-bond acceptors (Lipinski definition) is 6. The summed E-state index contributed by atoms with van der Waals surface area (Å²) in [4.78, 5) is 38.8. The van der Waals surface area contributed by atoms with Gasteiger partial charge < -0.3 is 15.4 Å². The number of β-lactam (4-membered cyclic amide) rings is 1. The second-order valence-electron chi connectivity index (χ2n) is 5.72.